The van der Waals surface area contributed by atoms with Crippen LogP contribution in [0.5, 0.6) is 0 Å². The van der Waals surface area contributed by atoms with Crippen molar-refractivity contribution >= 4 is 35.8 Å². The fraction of sp³-hybridized carbons (Fsp3) is 0.273. The van der Waals surface area contributed by atoms with E-state index in [-0.39, 0.29) is 86.2 Å². The summed E-state index contributed by atoms with van der Waals surface area (Å²) in [5.74, 6) is -3.99. The second-order valence-corrected chi connectivity index (χ2v) is 9.26. The van der Waals surface area contributed by atoms with E-state index in [1.54, 1.807) is 0 Å². The zero-order chi connectivity index (χ0) is 34.0. The van der Waals surface area contributed by atoms with Gasteiger partial charge in [-0.25, -0.2) is 28.8 Å². The van der Waals surface area contributed by atoms with E-state index in [9.17, 15) is 28.8 Å². The van der Waals surface area contributed by atoms with Gasteiger partial charge in [-0.3, -0.25) is 0 Å². The Morgan fingerprint density at radius 1 is 0.383 bits per heavy atom. The molecule has 3 aromatic rings. The smallest absolute Gasteiger partial charge is 0.338 e. The van der Waals surface area contributed by atoms with Crippen LogP contribution < -0.4 is 0 Å². The molecule has 14 nitrogen and oxygen atoms in total. The number of esters is 6. The molecule has 0 fully saturated rings. The lowest BCUT2D eigenvalue weighted by Gasteiger charge is -2.09. The minimum Gasteiger partial charge on any atom is -0.460 e. The van der Waals surface area contributed by atoms with E-state index in [1.807, 2.05) is 0 Å². The number of aliphatic hydroxyl groups is 1. The van der Waals surface area contributed by atoms with Crippen molar-refractivity contribution in [1.29, 1.82) is 0 Å². The fourth-order valence-corrected chi connectivity index (χ4v) is 3.62. The van der Waals surface area contributed by atoms with Gasteiger partial charge in [0, 0.05) is 7.11 Å². The molecule has 0 aromatic heterocycles. The van der Waals surface area contributed by atoms with Crippen molar-refractivity contribution in [2.45, 2.75) is 0 Å². The van der Waals surface area contributed by atoms with Gasteiger partial charge in [0.1, 0.15) is 39.6 Å². The van der Waals surface area contributed by atoms with E-state index >= 15 is 0 Å². The first-order valence-corrected chi connectivity index (χ1v) is 14.2. The molecule has 3 rings (SSSR count). The molecule has 0 aliphatic rings. The first-order valence-electron chi connectivity index (χ1n) is 14.2. The van der Waals surface area contributed by atoms with Gasteiger partial charge in [0.05, 0.1) is 46.6 Å². The molecule has 14 heteroatoms. The van der Waals surface area contributed by atoms with Gasteiger partial charge in [-0.05, 0) is 72.8 Å². The Morgan fingerprint density at radius 3 is 0.766 bits per heavy atom. The van der Waals surface area contributed by atoms with Gasteiger partial charge in [0.15, 0.2) is 0 Å². The lowest BCUT2D eigenvalue weighted by Crippen LogP contribution is -2.15. The van der Waals surface area contributed by atoms with Crippen molar-refractivity contribution in [3.8, 4) is 0 Å². The zero-order valence-corrected chi connectivity index (χ0v) is 25.3. The Morgan fingerprint density at radius 2 is 0.574 bits per heavy atom. The molecule has 0 saturated carbocycles. The number of aliphatic hydroxyl groups excluding tert-OH is 1. The number of carbonyl (C=O) groups is 6. The van der Waals surface area contributed by atoms with E-state index in [1.165, 1.54) is 79.9 Å². The van der Waals surface area contributed by atoms with Crippen LogP contribution in [0.15, 0.2) is 72.8 Å². The summed E-state index contributed by atoms with van der Waals surface area (Å²) in [6.45, 7) is -0.980. The number of rotatable bonds is 17. The van der Waals surface area contributed by atoms with Crippen LogP contribution in [0, 0.1) is 0 Å². The minimum absolute atomic E-state index is 0.102. The van der Waals surface area contributed by atoms with Crippen LogP contribution in [0.25, 0.3) is 0 Å². The molecule has 0 radical (unpaired) electrons. The largest absolute Gasteiger partial charge is 0.460 e. The first-order chi connectivity index (χ1) is 22.7. The SMILES string of the molecule is COCCOC(=O)c1ccc(C(=O)OCCOC(=O)c2ccc(C(=O)OCCOC(=O)c3ccc(C(=O)OCCO)cc3)cc2)cc1. The number of methoxy groups -OCH3 is 1. The Hall–Kier alpha value is -5.60. The summed E-state index contributed by atoms with van der Waals surface area (Å²) in [5.41, 5.74) is 1.10. The molecule has 0 aliphatic heterocycles. The average molecular weight is 653 g/mol. The van der Waals surface area contributed by atoms with Gasteiger partial charge in [-0.2, -0.15) is 0 Å². The van der Waals surface area contributed by atoms with E-state index < -0.39 is 35.8 Å². The normalized spacial score (nSPS) is 10.3. The molecule has 0 atom stereocenters. The lowest BCUT2D eigenvalue weighted by molar-refractivity contribution is 0.0263. The second-order valence-electron chi connectivity index (χ2n) is 9.26. The molecule has 0 bridgehead atoms. The zero-order valence-electron chi connectivity index (χ0n) is 25.3. The molecule has 0 unspecified atom stereocenters. The van der Waals surface area contributed by atoms with E-state index in [2.05, 4.69) is 0 Å². The molecular formula is C33H32O14. The summed E-state index contributed by atoms with van der Waals surface area (Å²) in [6, 6.07) is 16.6. The quantitative estimate of drug-likeness (QED) is 0.127. The molecule has 0 amide bonds. The monoisotopic (exact) mass is 652 g/mol. The van der Waals surface area contributed by atoms with Gasteiger partial charge < -0.3 is 38.3 Å². The molecular weight excluding hydrogens is 620 g/mol. The molecule has 0 aliphatic carbocycles. The Balaban J connectivity index is 1.33. The van der Waals surface area contributed by atoms with Crippen LogP contribution >= 0.6 is 0 Å². The Labute approximate surface area is 269 Å². The number of ether oxygens (including phenoxy) is 7. The van der Waals surface area contributed by atoms with Gasteiger partial charge in [-0.15, -0.1) is 0 Å². The van der Waals surface area contributed by atoms with Crippen LogP contribution in [-0.2, 0) is 33.2 Å². The molecule has 1 N–H and O–H groups in total. The highest BCUT2D eigenvalue weighted by Crippen LogP contribution is 2.11. The van der Waals surface area contributed by atoms with E-state index in [4.69, 9.17) is 38.3 Å². The van der Waals surface area contributed by atoms with E-state index in [0.29, 0.717) is 0 Å². The highest BCUT2D eigenvalue weighted by atomic mass is 16.6. The maximum Gasteiger partial charge on any atom is 0.338 e. The summed E-state index contributed by atoms with van der Waals surface area (Å²) < 4.78 is 34.9. The first kappa shape index (κ1) is 35.9. The van der Waals surface area contributed by atoms with Crippen LogP contribution in [0.3, 0.4) is 0 Å². The molecule has 0 spiro atoms. The predicted molar refractivity (Wildman–Crippen MR) is 160 cm³/mol. The molecule has 3 aromatic carbocycles. The molecule has 248 valence electrons. The number of benzene rings is 3. The minimum atomic E-state index is -0.713. The van der Waals surface area contributed by atoms with Crippen molar-refractivity contribution in [2.75, 3.05) is 60.0 Å². The summed E-state index contributed by atoms with van der Waals surface area (Å²) in [6.07, 6.45) is 0. The average Bonchev–Trinajstić information content (AvgIpc) is 3.10. The van der Waals surface area contributed by atoms with Crippen LogP contribution in [-0.4, -0.2) is 101 Å². The van der Waals surface area contributed by atoms with Crippen LogP contribution in [0.4, 0.5) is 0 Å². The maximum atomic E-state index is 12.3. The summed E-state index contributed by atoms with van der Waals surface area (Å²) in [4.78, 5) is 72.7. The van der Waals surface area contributed by atoms with Gasteiger partial charge in [0.25, 0.3) is 0 Å². The van der Waals surface area contributed by atoms with Crippen LogP contribution in [0.2, 0.25) is 0 Å². The summed E-state index contributed by atoms with van der Waals surface area (Å²) >= 11 is 0. The highest BCUT2D eigenvalue weighted by molar-refractivity contribution is 5.95. The molecule has 47 heavy (non-hydrogen) atoms. The molecule has 0 saturated heterocycles. The van der Waals surface area contributed by atoms with Crippen molar-refractivity contribution in [3.05, 3.63) is 106 Å². The summed E-state index contributed by atoms with van der Waals surface area (Å²) in [5, 5.41) is 8.71. The third-order valence-corrected chi connectivity index (χ3v) is 6.01. The van der Waals surface area contributed by atoms with Crippen molar-refractivity contribution in [1.82, 2.24) is 0 Å². The Kier molecular flexibility index (Phi) is 14.5. The number of carbonyl (C=O) groups excluding carboxylic acids is 6. The highest BCUT2D eigenvalue weighted by Gasteiger charge is 2.15. The fourth-order valence-electron chi connectivity index (χ4n) is 3.62. The number of hydrogen-bond acceptors (Lipinski definition) is 14. The van der Waals surface area contributed by atoms with Gasteiger partial charge in [0.2, 0.25) is 0 Å². The second kappa shape index (κ2) is 19.0. The van der Waals surface area contributed by atoms with E-state index in [0.717, 1.165) is 0 Å². The predicted octanol–water partition coefficient (Wildman–Crippen LogP) is 2.67. The number of hydrogen-bond donors (Lipinski definition) is 1. The lowest BCUT2D eigenvalue weighted by atomic mass is 10.1. The third-order valence-electron chi connectivity index (χ3n) is 6.01. The van der Waals surface area contributed by atoms with Gasteiger partial charge in [-0.1, -0.05) is 0 Å². The van der Waals surface area contributed by atoms with Crippen molar-refractivity contribution < 1.29 is 67.0 Å². The van der Waals surface area contributed by atoms with Gasteiger partial charge >= 0.3 is 35.8 Å². The van der Waals surface area contributed by atoms with Crippen molar-refractivity contribution in [3.63, 3.8) is 0 Å². The summed E-state index contributed by atoms with van der Waals surface area (Å²) in [7, 11) is 1.48. The topological polar surface area (TPSA) is 187 Å². The Bertz CT molecular complexity index is 1510. The third kappa shape index (κ3) is 11.7. The molecule has 0 heterocycles. The standard InChI is InChI=1S/C33H32O14/c1-41-16-17-43-29(36)23-6-8-25(9-7-23)31(38)45-20-21-47-33(40)27-12-10-26(11-13-27)32(39)46-19-18-44-30(37)24-4-2-22(3-5-24)28(35)42-15-14-34/h2-13,34H,14-21H2,1H3. The van der Waals surface area contributed by atoms with Crippen molar-refractivity contribution in [2.24, 2.45) is 0 Å². The maximum absolute atomic E-state index is 12.3. The van der Waals surface area contributed by atoms with Crippen LogP contribution in [0.1, 0.15) is 62.1 Å².